The molecule has 0 aliphatic carbocycles. The second-order valence-electron chi connectivity index (χ2n) is 3.94. The van der Waals surface area contributed by atoms with Gasteiger partial charge in [0, 0.05) is 6.20 Å². The van der Waals surface area contributed by atoms with Crippen molar-refractivity contribution in [3.8, 4) is 5.88 Å². The van der Waals surface area contributed by atoms with Gasteiger partial charge in [-0.3, -0.25) is 0 Å². The summed E-state index contributed by atoms with van der Waals surface area (Å²) in [7, 11) is 0. The number of furan rings is 1. The molecule has 2 rings (SSSR count). The van der Waals surface area contributed by atoms with E-state index < -0.39 is 0 Å². The van der Waals surface area contributed by atoms with Crippen LogP contribution in [0.1, 0.15) is 18.4 Å². The van der Waals surface area contributed by atoms with Crippen molar-refractivity contribution >= 4 is 17.4 Å². The average Bonchev–Trinajstić information content (AvgIpc) is 2.86. The molecule has 0 saturated carbocycles. The molecule has 2 aromatic rings. The van der Waals surface area contributed by atoms with Crippen molar-refractivity contribution in [1.82, 2.24) is 4.98 Å². The minimum Gasteiger partial charge on any atom is -0.476 e. The predicted octanol–water partition coefficient (Wildman–Crippen LogP) is 3.55. The number of ether oxygens (including phenoxy) is 1. The summed E-state index contributed by atoms with van der Waals surface area (Å²) in [6, 6.07) is 7.84. The average molecular weight is 278 g/mol. The molecule has 0 aromatic carbocycles. The van der Waals surface area contributed by atoms with E-state index in [1.807, 2.05) is 31.2 Å². The molecule has 0 aliphatic heterocycles. The molecular formula is C14H18N2O2S. The third kappa shape index (κ3) is 3.92. The summed E-state index contributed by atoms with van der Waals surface area (Å²) < 4.78 is 11.2. The first-order valence-corrected chi connectivity index (χ1v) is 7.61. The van der Waals surface area contributed by atoms with Crippen molar-refractivity contribution in [2.75, 3.05) is 18.2 Å². The van der Waals surface area contributed by atoms with Gasteiger partial charge in [0.2, 0.25) is 5.88 Å². The minimum atomic E-state index is 0.602. The van der Waals surface area contributed by atoms with Crippen LogP contribution in [0, 0.1) is 0 Å². The Morgan fingerprint density at radius 3 is 2.95 bits per heavy atom. The second-order valence-corrected chi connectivity index (χ2v) is 4.81. The Morgan fingerprint density at radius 2 is 2.16 bits per heavy atom. The summed E-state index contributed by atoms with van der Waals surface area (Å²) in [6.45, 7) is 3.17. The highest BCUT2D eigenvalue weighted by Gasteiger charge is 2.05. The van der Waals surface area contributed by atoms with Gasteiger partial charge in [0.1, 0.15) is 11.5 Å². The van der Waals surface area contributed by atoms with Crippen molar-refractivity contribution < 1.29 is 9.15 Å². The highest BCUT2D eigenvalue weighted by molar-refractivity contribution is 7.97. The van der Waals surface area contributed by atoms with Crippen molar-refractivity contribution in [1.29, 1.82) is 0 Å². The van der Waals surface area contributed by atoms with E-state index in [0.29, 0.717) is 19.0 Å². The normalized spacial score (nSPS) is 10.4. The maximum atomic E-state index is 5.70. The quantitative estimate of drug-likeness (QED) is 0.839. The third-order valence-corrected chi connectivity index (χ3v) is 3.08. The lowest BCUT2D eigenvalue weighted by Crippen LogP contribution is -2.03. The number of thioether (sulfide) groups is 1. The lowest BCUT2D eigenvalue weighted by atomic mass is 10.3. The Kier molecular flexibility index (Phi) is 5.15. The van der Waals surface area contributed by atoms with Crippen molar-refractivity contribution in [3.63, 3.8) is 0 Å². The summed E-state index contributed by atoms with van der Waals surface area (Å²) in [5.41, 5.74) is 0.882. The summed E-state index contributed by atoms with van der Waals surface area (Å²) in [5, 5.41) is 3.28. The lowest BCUT2D eigenvalue weighted by molar-refractivity contribution is 0.328. The molecule has 0 aliphatic rings. The standard InChI is InChI=1S/C14H18N2O2S/c1-3-17-14-13(5-4-8-15-14)16-9-11-6-7-12(18-11)10-19-2/h4-8,16H,3,9-10H2,1-2H3. The molecule has 102 valence electrons. The fourth-order valence-corrected chi connectivity index (χ4v) is 2.14. The van der Waals surface area contributed by atoms with Crippen LogP contribution in [0.5, 0.6) is 5.88 Å². The second kappa shape index (κ2) is 7.09. The number of nitrogens with one attached hydrogen (secondary N) is 1. The highest BCUT2D eigenvalue weighted by Crippen LogP contribution is 2.22. The number of pyridine rings is 1. The van der Waals surface area contributed by atoms with Gasteiger partial charge in [-0.15, -0.1) is 0 Å². The van der Waals surface area contributed by atoms with Crippen molar-refractivity contribution in [3.05, 3.63) is 42.0 Å². The number of rotatable bonds is 7. The van der Waals surface area contributed by atoms with E-state index in [0.717, 1.165) is 23.0 Å². The van der Waals surface area contributed by atoms with E-state index in [9.17, 15) is 0 Å². The lowest BCUT2D eigenvalue weighted by Gasteiger charge is -2.09. The van der Waals surface area contributed by atoms with Crippen LogP contribution in [-0.2, 0) is 12.3 Å². The molecule has 0 atom stereocenters. The number of hydrogen-bond donors (Lipinski definition) is 1. The van der Waals surface area contributed by atoms with Gasteiger partial charge < -0.3 is 14.5 Å². The summed E-state index contributed by atoms with van der Waals surface area (Å²) in [6.07, 6.45) is 3.78. The Bertz CT molecular complexity index is 514. The van der Waals surface area contributed by atoms with E-state index in [1.54, 1.807) is 18.0 Å². The van der Waals surface area contributed by atoms with Crippen LogP contribution < -0.4 is 10.1 Å². The van der Waals surface area contributed by atoms with Crippen LogP contribution in [0.25, 0.3) is 0 Å². The Morgan fingerprint density at radius 1 is 1.32 bits per heavy atom. The Balaban J connectivity index is 1.97. The fourth-order valence-electron chi connectivity index (χ4n) is 1.70. The van der Waals surface area contributed by atoms with Gasteiger partial charge in [-0.2, -0.15) is 11.8 Å². The van der Waals surface area contributed by atoms with Crippen LogP contribution in [-0.4, -0.2) is 17.8 Å². The third-order valence-electron chi connectivity index (χ3n) is 2.51. The SMILES string of the molecule is CCOc1ncccc1NCc1ccc(CSC)o1. The van der Waals surface area contributed by atoms with Gasteiger partial charge in [-0.05, 0) is 37.4 Å². The summed E-state index contributed by atoms with van der Waals surface area (Å²) in [4.78, 5) is 4.20. The van der Waals surface area contributed by atoms with Crippen LogP contribution >= 0.6 is 11.8 Å². The molecule has 19 heavy (non-hydrogen) atoms. The van der Waals surface area contributed by atoms with E-state index in [2.05, 4.69) is 16.6 Å². The zero-order valence-corrected chi connectivity index (χ0v) is 12.0. The van der Waals surface area contributed by atoms with Gasteiger partial charge in [-0.25, -0.2) is 4.98 Å². The summed E-state index contributed by atoms with van der Waals surface area (Å²) in [5.74, 6) is 3.44. The van der Waals surface area contributed by atoms with Crippen molar-refractivity contribution in [2.45, 2.75) is 19.2 Å². The van der Waals surface area contributed by atoms with Crippen LogP contribution in [0.15, 0.2) is 34.9 Å². The molecule has 0 amide bonds. The van der Waals surface area contributed by atoms with Crippen LogP contribution in [0.4, 0.5) is 5.69 Å². The Hall–Kier alpha value is -1.62. The molecule has 4 nitrogen and oxygen atoms in total. The molecule has 0 fully saturated rings. The highest BCUT2D eigenvalue weighted by atomic mass is 32.2. The molecular weight excluding hydrogens is 260 g/mol. The molecule has 0 spiro atoms. The molecule has 0 radical (unpaired) electrons. The molecule has 2 aromatic heterocycles. The first-order valence-electron chi connectivity index (χ1n) is 6.21. The first-order chi connectivity index (χ1) is 9.33. The number of aromatic nitrogens is 1. The molecule has 2 heterocycles. The zero-order chi connectivity index (χ0) is 13.5. The van der Waals surface area contributed by atoms with Gasteiger partial charge in [0.25, 0.3) is 0 Å². The monoisotopic (exact) mass is 278 g/mol. The predicted molar refractivity (Wildman–Crippen MR) is 78.7 cm³/mol. The van der Waals surface area contributed by atoms with Gasteiger partial charge in [0.15, 0.2) is 0 Å². The largest absolute Gasteiger partial charge is 0.476 e. The topological polar surface area (TPSA) is 47.3 Å². The molecule has 0 unspecified atom stereocenters. The molecule has 5 heteroatoms. The maximum Gasteiger partial charge on any atom is 0.237 e. The van der Waals surface area contributed by atoms with Crippen LogP contribution in [0.3, 0.4) is 0 Å². The first kappa shape index (κ1) is 13.8. The Labute approximate surface area is 117 Å². The summed E-state index contributed by atoms with van der Waals surface area (Å²) >= 11 is 1.75. The zero-order valence-electron chi connectivity index (χ0n) is 11.2. The number of hydrogen-bond acceptors (Lipinski definition) is 5. The van der Waals surface area contributed by atoms with Crippen LogP contribution in [0.2, 0.25) is 0 Å². The van der Waals surface area contributed by atoms with Gasteiger partial charge in [0.05, 0.1) is 24.6 Å². The molecule has 0 saturated heterocycles. The molecule has 1 N–H and O–H groups in total. The van der Waals surface area contributed by atoms with E-state index in [-0.39, 0.29) is 0 Å². The smallest absolute Gasteiger partial charge is 0.237 e. The number of anilines is 1. The minimum absolute atomic E-state index is 0.602. The van der Waals surface area contributed by atoms with Gasteiger partial charge >= 0.3 is 0 Å². The van der Waals surface area contributed by atoms with E-state index in [4.69, 9.17) is 9.15 Å². The maximum absolute atomic E-state index is 5.70. The van der Waals surface area contributed by atoms with E-state index >= 15 is 0 Å². The van der Waals surface area contributed by atoms with E-state index in [1.165, 1.54) is 0 Å². The molecule has 0 bridgehead atoms. The van der Waals surface area contributed by atoms with Crippen molar-refractivity contribution in [2.24, 2.45) is 0 Å². The fraction of sp³-hybridized carbons (Fsp3) is 0.357. The number of nitrogens with zero attached hydrogens (tertiary/aromatic N) is 1. The van der Waals surface area contributed by atoms with Gasteiger partial charge in [-0.1, -0.05) is 0 Å².